The lowest BCUT2D eigenvalue weighted by Crippen LogP contribution is -2.48. The largest absolute Gasteiger partial charge is 0.355 e. The van der Waals surface area contributed by atoms with E-state index in [1.54, 1.807) is 12.4 Å². The van der Waals surface area contributed by atoms with Gasteiger partial charge in [-0.25, -0.2) is 0 Å². The number of nitriles is 1. The molecule has 31 heavy (non-hydrogen) atoms. The van der Waals surface area contributed by atoms with E-state index in [-0.39, 0.29) is 5.91 Å². The second-order valence-corrected chi connectivity index (χ2v) is 7.41. The Bertz CT molecular complexity index is 872. The van der Waals surface area contributed by atoms with Crippen LogP contribution in [0.5, 0.6) is 0 Å². The van der Waals surface area contributed by atoms with Gasteiger partial charge < -0.3 is 15.5 Å². The SMILES string of the molecule is N#CN=C(NCCCCCN1CCN(C(=O)c2ccccc2)CC1)Nc1cccnc1. The third kappa shape index (κ3) is 7.39. The third-order valence-electron chi connectivity index (χ3n) is 5.21. The number of benzene rings is 1. The fraction of sp³-hybridized carbons (Fsp3) is 0.391. The normalized spacial score (nSPS) is 14.7. The van der Waals surface area contributed by atoms with Gasteiger partial charge in [-0.15, -0.1) is 4.99 Å². The van der Waals surface area contributed by atoms with Gasteiger partial charge in [-0.3, -0.25) is 14.7 Å². The van der Waals surface area contributed by atoms with Crippen molar-refractivity contribution >= 4 is 17.6 Å². The summed E-state index contributed by atoms with van der Waals surface area (Å²) >= 11 is 0. The van der Waals surface area contributed by atoms with Gasteiger partial charge in [-0.2, -0.15) is 5.26 Å². The van der Waals surface area contributed by atoms with E-state index in [4.69, 9.17) is 5.26 Å². The molecule has 1 aromatic carbocycles. The predicted molar refractivity (Wildman–Crippen MR) is 122 cm³/mol. The van der Waals surface area contributed by atoms with Crippen LogP contribution in [0, 0.1) is 11.5 Å². The number of hydrogen-bond acceptors (Lipinski definition) is 5. The molecule has 1 fully saturated rings. The van der Waals surface area contributed by atoms with Crippen LogP contribution < -0.4 is 10.6 Å². The zero-order valence-corrected chi connectivity index (χ0v) is 17.7. The number of amides is 1. The monoisotopic (exact) mass is 419 g/mol. The molecule has 1 aliphatic heterocycles. The number of nitrogens with zero attached hydrogens (tertiary/aromatic N) is 5. The van der Waals surface area contributed by atoms with Gasteiger partial charge in [0.1, 0.15) is 0 Å². The summed E-state index contributed by atoms with van der Waals surface area (Å²) in [6.07, 6.45) is 8.37. The van der Waals surface area contributed by atoms with Gasteiger partial charge in [0.2, 0.25) is 12.2 Å². The molecule has 0 aliphatic carbocycles. The van der Waals surface area contributed by atoms with Crippen LogP contribution in [0.2, 0.25) is 0 Å². The van der Waals surface area contributed by atoms with E-state index in [9.17, 15) is 4.79 Å². The van der Waals surface area contributed by atoms with Crippen LogP contribution in [0.25, 0.3) is 0 Å². The highest BCUT2D eigenvalue weighted by Gasteiger charge is 2.21. The van der Waals surface area contributed by atoms with Gasteiger partial charge in [-0.05, 0) is 43.7 Å². The molecule has 8 heteroatoms. The Labute approximate surface area is 183 Å². The fourth-order valence-corrected chi connectivity index (χ4v) is 3.52. The van der Waals surface area contributed by atoms with Gasteiger partial charge in [0.25, 0.3) is 5.91 Å². The number of aromatic nitrogens is 1. The van der Waals surface area contributed by atoms with Crippen molar-refractivity contribution in [2.45, 2.75) is 19.3 Å². The van der Waals surface area contributed by atoms with Crippen molar-refractivity contribution in [1.29, 1.82) is 5.26 Å². The van der Waals surface area contributed by atoms with Gasteiger partial charge in [0.05, 0.1) is 11.9 Å². The van der Waals surface area contributed by atoms with Crippen LogP contribution in [-0.2, 0) is 0 Å². The highest BCUT2D eigenvalue weighted by Crippen LogP contribution is 2.10. The molecular weight excluding hydrogens is 390 g/mol. The van der Waals surface area contributed by atoms with Gasteiger partial charge in [0, 0.05) is 44.5 Å². The third-order valence-corrected chi connectivity index (χ3v) is 5.21. The Morgan fingerprint density at radius 1 is 1.06 bits per heavy atom. The number of rotatable bonds is 8. The van der Waals surface area contributed by atoms with Crippen molar-refractivity contribution < 1.29 is 4.79 Å². The maximum absolute atomic E-state index is 12.5. The molecule has 3 rings (SSSR count). The fourth-order valence-electron chi connectivity index (χ4n) is 3.52. The first-order valence-corrected chi connectivity index (χ1v) is 10.7. The van der Waals surface area contributed by atoms with E-state index >= 15 is 0 Å². The Morgan fingerprint density at radius 2 is 1.87 bits per heavy atom. The Hall–Kier alpha value is -3.44. The van der Waals surface area contributed by atoms with Crippen LogP contribution >= 0.6 is 0 Å². The lowest BCUT2D eigenvalue weighted by molar-refractivity contribution is 0.0635. The minimum atomic E-state index is 0.126. The predicted octanol–water partition coefficient (Wildman–Crippen LogP) is 2.55. The molecule has 2 heterocycles. The first-order chi connectivity index (χ1) is 15.3. The van der Waals surface area contributed by atoms with E-state index < -0.39 is 0 Å². The molecular formula is C23H29N7O. The highest BCUT2D eigenvalue weighted by molar-refractivity contribution is 5.94. The van der Waals surface area contributed by atoms with Crippen molar-refractivity contribution in [2.24, 2.45) is 4.99 Å². The Balaban J connectivity index is 1.28. The average molecular weight is 420 g/mol. The molecule has 2 N–H and O–H groups in total. The van der Waals surface area contributed by atoms with Crippen molar-refractivity contribution in [2.75, 3.05) is 44.6 Å². The molecule has 1 aromatic heterocycles. The van der Waals surface area contributed by atoms with Crippen LogP contribution in [-0.4, -0.2) is 65.9 Å². The zero-order valence-electron chi connectivity index (χ0n) is 17.7. The molecule has 0 bridgehead atoms. The topological polar surface area (TPSA) is 96.7 Å². The number of aliphatic imine (C=N–C) groups is 1. The first kappa shape index (κ1) is 22.2. The summed E-state index contributed by atoms with van der Waals surface area (Å²) in [7, 11) is 0. The maximum Gasteiger partial charge on any atom is 0.253 e. The van der Waals surface area contributed by atoms with Crippen molar-refractivity contribution in [3.05, 3.63) is 60.4 Å². The quantitative estimate of drug-likeness (QED) is 0.295. The zero-order chi connectivity index (χ0) is 21.7. The number of unbranched alkanes of at least 4 members (excludes halogenated alkanes) is 2. The van der Waals surface area contributed by atoms with Crippen molar-refractivity contribution in [3.8, 4) is 6.19 Å². The summed E-state index contributed by atoms with van der Waals surface area (Å²) in [5, 5.41) is 15.1. The van der Waals surface area contributed by atoms with Gasteiger partial charge >= 0.3 is 0 Å². The number of hydrogen-bond donors (Lipinski definition) is 2. The summed E-state index contributed by atoms with van der Waals surface area (Å²) in [5.74, 6) is 0.566. The van der Waals surface area contributed by atoms with E-state index in [0.29, 0.717) is 5.96 Å². The summed E-state index contributed by atoms with van der Waals surface area (Å²) in [4.78, 5) is 24.7. The van der Waals surface area contributed by atoms with Gasteiger partial charge in [-0.1, -0.05) is 24.6 Å². The van der Waals surface area contributed by atoms with Gasteiger partial charge in [0.15, 0.2) is 0 Å². The number of anilines is 1. The Morgan fingerprint density at radius 3 is 2.58 bits per heavy atom. The number of guanidine groups is 1. The van der Waals surface area contributed by atoms with E-state index in [1.807, 2.05) is 53.6 Å². The van der Waals surface area contributed by atoms with E-state index in [1.165, 1.54) is 0 Å². The van der Waals surface area contributed by atoms with Crippen LogP contribution in [0.1, 0.15) is 29.6 Å². The Kier molecular flexibility index (Phi) is 8.83. The molecule has 2 aromatic rings. The second-order valence-electron chi connectivity index (χ2n) is 7.41. The molecule has 162 valence electrons. The summed E-state index contributed by atoms with van der Waals surface area (Å²) in [6.45, 7) is 5.19. The van der Waals surface area contributed by atoms with E-state index in [2.05, 4.69) is 25.5 Å². The minimum absolute atomic E-state index is 0.126. The standard InChI is InChI=1S/C23H29N7O/c24-19-27-23(28-21-10-7-11-25-18-21)26-12-5-2-6-13-29-14-16-30(17-15-29)22(31)20-8-3-1-4-9-20/h1,3-4,7-11,18H,2,5-6,12-17H2,(H2,26,27,28). The van der Waals surface area contributed by atoms with Crippen molar-refractivity contribution in [3.63, 3.8) is 0 Å². The lowest BCUT2D eigenvalue weighted by Gasteiger charge is -2.34. The molecule has 0 spiro atoms. The maximum atomic E-state index is 12.5. The van der Waals surface area contributed by atoms with E-state index in [0.717, 1.165) is 69.8 Å². The summed E-state index contributed by atoms with van der Waals surface area (Å²) < 4.78 is 0. The van der Waals surface area contributed by atoms with Crippen LogP contribution in [0.4, 0.5) is 5.69 Å². The number of piperazine rings is 1. The summed E-state index contributed by atoms with van der Waals surface area (Å²) in [5.41, 5.74) is 1.55. The van der Waals surface area contributed by atoms with Crippen molar-refractivity contribution in [1.82, 2.24) is 20.1 Å². The number of carbonyl (C=O) groups is 1. The molecule has 8 nitrogen and oxygen atoms in total. The smallest absolute Gasteiger partial charge is 0.253 e. The molecule has 1 amide bonds. The molecule has 1 aliphatic rings. The molecule has 0 radical (unpaired) electrons. The molecule has 0 unspecified atom stereocenters. The number of pyridine rings is 1. The number of carbonyl (C=O) groups excluding carboxylic acids is 1. The minimum Gasteiger partial charge on any atom is -0.355 e. The first-order valence-electron chi connectivity index (χ1n) is 10.7. The molecule has 0 atom stereocenters. The van der Waals surface area contributed by atoms with Crippen LogP contribution in [0.3, 0.4) is 0 Å². The molecule has 0 saturated carbocycles. The van der Waals surface area contributed by atoms with Crippen LogP contribution in [0.15, 0.2) is 59.9 Å². The molecule has 1 saturated heterocycles. The summed E-state index contributed by atoms with van der Waals surface area (Å²) in [6, 6.07) is 13.2. The second kappa shape index (κ2) is 12.3. The highest BCUT2D eigenvalue weighted by atomic mass is 16.2. The lowest BCUT2D eigenvalue weighted by atomic mass is 10.1. The average Bonchev–Trinajstić information content (AvgIpc) is 2.82. The number of nitrogens with one attached hydrogen (secondary N) is 2.